The molecule has 1 aromatic carbocycles. The summed E-state index contributed by atoms with van der Waals surface area (Å²) in [6, 6.07) is 9.02. The zero-order valence-electron chi connectivity index (χ0n) is 10.9. The number of aromatic nitrogens is 2. The molecule has 2 aromatic rings. The van der Waals surface area contributed by atoms with Gasteiger partial charge in [0.2, 0.25) is 0 Å². The van der Waals surface area contributed by atoms with Crippen LogP contribution in [0.2, 0.25) is 0 Å². The second-order valence-electron chi connectivity index (χ2n) is 5.34. The summed E-state index contributed by atoms with van der Waals surface area (Å²) in [6.07, 6.45) is 8.84. The SMILES string of the molecule is Cc1ncc(-c2ccc(C3CCCCC3)cc2)[nH]1. The highest BCUT2D eigenvalue weighted by Gasteiger charge is 2.15. The first-order valence-electron chi connectivity index (χ1n) is 6.95. The van der Waals surface area contributed by atoms with Gasteiger partial charge in [-0.1, -0.05) is 43.5 Å². The summed E-state index contributed by atoms with van der Waals surface area (Å²) >= 11 is 0. The molecule has 0 bridgehead atoms. The minimum Gasteiger partial charge on any atom is -0.342 e. The Morgan fingerprint density at radius 2 is 1.78 bits per heavy atom. The van der Waals surface area contributed by atoms with E-state index in [1.807, 2.05) is 13.1 Å². The van der Waals surface area contributed by atoms with Crippen LogP contribution in [0.5, 0.6) is 0 Å². The van der Waals surface area contributed by atoms with Crippen molar-refractivity contribution in [1.29, 1.82) is 0 Å². The first kappa shape index (κ1) is 11.5. The maximum atomic E-state index is 4.25. The molecule has 0 atom stereocenters. The van der Waals surface area contributed by atoms with Gasteiger partial charge in [-0.2, -0.15) is 0 Å². The van der Waals surface area contributed by atoms with Crippen molar-refractivity contribution in [3.8, 4) is 11.3 Å². The number of aryl methyl sites for hydroxylation is 1. The van der Waals surface area contributed by atoms with Crippen LogP contribution in [0.25, 0.3) is 11.3 Å². The zero-order valence-corrected chi connectivity index (χ0v) is 10.9. The molecular formula is C16H20N2. The van der Waals surface area contributed by atoms with Crippen molar-refractivity contribution in [2.75, 3.05) is 0 Å². The van der Waals surface area contributed by atoms with Crippen LogP contribution in [-0.4, -0.2) is 9.97 Å². The van der Waals surface area contributed by atoms with E-state index in [-0.39, 0.29) is 0 Å². The summed E-state index contributed by atoms with van der Waals surface area (Å²) in [4.78, 5) is 7.53. The van der Waals surface area contributed by atoms with Crippen molar-refractivity contribution in [3.63, 3.8) is 0 Å². The molecule has 94 valence electrons. The fourth-order valence-electron chi connectivity index (χ4n) is 2.94. The van der Waals surface area contributed by atoms with Crippen LogP contribution in [0.4, 0.5) is 0 Å². The van der Waals surface area contributed by atoms with E-state index in [4.69, 9.17) is 0 Å². The number of nitrogens with zero attached hydrogens (tertiary/aromatic N) is 1. The number of hydrogen-bond acceptors (Lipinski definition) is 1. The van der Waals surface area contributed by atoms with Crippen molar-refractivity contribution >= 4 is 0 Å². The first-order valence-corrected chi connectivity index (χ1v) is 6.95. The lowest BCUT2D eigenvalue weighted by Gasteiger charge is -2.22. The van der Waals surface area contributed by atoms with E-state index in [1.54, 1.807) is 0 Å². The standard InChI is InChI=1S/C16H20N2/c1-12-17-11-16(18-12)15-9-7-14(8-10-15)13-5-3-2-4-6-13/h7-11,13H,2-6H2,1H3,(H,17,18). The van der Waals surface area contributed by atoms with Crippen molar-refractivity contribution in [2.45, 2.75) is 44.9 Å². The minimum absolute atomic E-state index is 0.788. The van der Waals surface area contributed by atoms with Gasteiger partial charge >= 0.3 is 0 Å². The topological polar surface area (TPSA) is 28.7 Å². The monoisotopic (exact) mass is 240 g/mol. The molecule has 0 saturated heterocycles. The van der Waals surface area contributed by atoms with Gasteiger partial charge in [0.15, 0.2) is 0 Å². The van der Waals surface area contributed by atoms with Crippen LogP contribution in [0.3, 0.4) is 0 Å². The third-order valence-corrected chi connectivity index (χ3v) is 4.00. The van der Waals surface area contributed by atoms with Gasteiger partial charge in [-0.25, -0.2) is 4.98 Å². The van der Waals surface area contributed by atoms with Crippen LogP contribution in [0.15, 0.2) is 30.5 Å². The Morgan fingerprint density at radius 1 is 1.06 bits per heavy atom. The van der Waals surface area contributed by atoms with Gasteiger partial charge in [0, 0.05) is 0 Å². The van der Waals surface area contributed by atoms with Gasteiger partial charge in [0.1, 0.15) is 5.82 Å². The predicted molar refractivity (Wildman–Crippen MR) is 74.6 cm³/mol. The fourth-order valence-corrected chi connectivity index (χ4v) is 2.94. The Morgan fingerprint density at radius 3 is 2.39 bits per heavy atom. The average molecular weight is 240 g/mol. The highest BCUT2D eigenvalue weighted by molar-refractivity contribution is 5.58. The Balaban J connectivity index is 1.80. The molecule has 0 unspecified atom stereocenters. The molecule has 2 nitrogen and oxygen atoms in total. The van der Waals surface area contributed by atoms with Crippen LogP contribution in [0.1, 0.15) is 49.4 Å². The number of aromatic amines is 1. The normalized spacial score (nSPS) is 16.9. The molecule has 18 heavy (non-hydrogen) atoms. The third-order valence-electron chi connectivity index (χ3n) is 4.00. The highest BCUT2D eigenvalue weighted by atomic mass is 14.9. The van der Waals surface area contributed by atoms with E-state index in [0.717, 1.165) is 17.4 Å². The van der Waals surface area contributed by atoms with E-state index in [2.05, 4.69) is 34.2 Å². The minimum atomic E-state index is 0.788. The molecule has 1 saturated carbocycles. The van der Waals surface area contributed by atoms with E-state index < -0.39 is 0 Å². The molecule has 2 heteroatoms. The molecule has 1 aromatic heterocycles. The predicted octanol–water partition coefficient (Wildman–Crippen LogP) is 4.43. The van der Waals surface area contributed by atoms with Crippen LogP contribution < -0.4 is 0 Å². The second kappa shape index (κ2) is 4.97. The molecule has 0 radical (unpaired) electrons. The highest BCUT2D eigenvalue weighted by Crippen LogP contribution is 2.33. The molecule has 0 spiro atoms. The second-order valence-corrected chi connectivity index (χ2v) is 5.34. The lowest BCUT2D eigenvalue weighted by atomic mass is 9.84. The molecule has 0 amide bonds. The van der Waals surface area contributed by atoms with Crippen LogP contribution in [-0.2, 0) is 0 Å². The summed E-state index contributed by atoms with van der Waals surface area (Å²) in [5, 5.41) is 0. The number of H-pyrrole nitrogens is 1. The van der Waals surface area contributed by atoms with E-state index >= 15 is 0 Å². The Bertz CT molecular complexity index is 504. The number of nitrogens with one attached hydrogen (secondary N) is 1. The maximum Gasteiger partial charge on any atom is 0.103 e. The Hall–Kier alpha value is -1.57. The van der Waals surface area contributed by atoms with Crippen LogP contribution >= 0.6 is 0 Å². The lowest BCUT2D eigenvalue weighted by molar-refractivity contribution is 0.443. The van der Waals surface area contributed by atoms with Gasteiger partial charge in [-0.3, -0.25) is 0 Å². The molecule has 1 aliphatic carbocycles. The smallest absolute Gasteiger partial charge is 0.103 e. The van der Waals surface area contributed by atoms with Crippen molar-refractivity contribution in [1.82, 2.24) is 9.97 Å². The van der Waals surface area contributed by atoms with E-state index in [0.29, 0.717) is 0 Å². The summed E-state index contributed by atoms with van der Waals surface area (Å²) in [6.45, 7) is 1.99. The largest absolute Gasteiger partial charge is 0.342 e. The lowest BCUT2D eigenvalue weighted by Crippen LogP contribution is -2.04. The molecule has 0 aliphatic heterocycles. The number of hydrogen-bond donors (Lipinski definition) is 1. The molecule has 1 N–H and O–H groups in total. The molecule has 1 aliphatic rings. The maximum absolute atomic E-state index is 4.25. The summed E-state index contributed by atoms with van der Waals surface area (Å²) in [5.74, 6) is 1.76. The first-order chi connectivity index (χ1) is 8.83. The van der Waals surface area contributed by atoms with Gasteiger partial charge in [-0.05, 0) is 36.8 Å². The molecule has 3 rings (SSSR count). The Labute approximate surface area is 108 Å². The summed E-state index contributed by atoms with van der Waals surface area (Å²) < 4.78 is 0. The summed E-state index contributed by atoms with van der Waals surface area (Å²) in [5.41, 5.74) is 3.85. The van der Waals surface area contributed by atoms with Gasteiger partial charge in [0.05, 0.1) is 11.9 Å². The van der Waals surface area contributed by atoms with Crippen molar-refractivity contribution < 1.29 is 0 Å². The number of rotatable bonds is 2. The Kier molecular flexibility index (Phi) is 3.18. The quantitative estimate of drug-likeness (QED) is 0.826. The van der Waals surface area contributed by atoms with E-state index in [1.165, 1.54) is 43.2 Å². The van der Waals surface area contributed by atoms with Gasteiger partial charge in [-0.15, -0.1) is 0 Å². The molecular weight excluding hydrogens is 220 g/mol. The fraction of sp³-hybridized carbons (Fsp3) is 0.438. The third kappa shape index (κ3) is 2.33. The van der Waals surface area contributed by atoms with E-state index in [9.17, 15) is 0 Å². The number of imidazole rings is 1. The van der Waals surface area contributed by atoms with Crippen molar-refractivity contribution in [2.24, 2.45) is 0 Å². The summed E-state index contributed by atoms with van der Waals surface area (Å²) in [7, 11) is 0. The van der Waals surface area contributed by atoms with Gasteiger partial charge in [0.25, 0.3) is 0 Å². The zero-order chi connectivity index (χ0) is 12.4. The number of benzene rings is 1. The van der Waals surface area contributed by atoms with Crippen LogP contribution in [0, 0.1) is 6.92 Å². The molecule has 1 heterocycles. The molecule has 1 fully saturated rings. The average Bonchev–Trinajstić information content (AvgIpc) is 2.87. The van der Waals surface area contributed by atoms with Gasteiger partial charge < -0.3 is 4.98 Å². The van der Waals surface area contributed by atoms with Crippen molar-refractivity contribution in [3.05, 3.63) is 41.9 Å².